The number of hydrogen-bond acceptors (Lipinski definition) is 4. The second-order valence-corrected chi connectivity index (χ2v) is 5.95. The summed E-state index contributed by atoms with van der Waals surface area (Å²) in [4.78, 5) is 22.7. The van der Waals surface area contributed by atoms with Crippen LogP contribution in [0.3, 0.4) is 0 Å². The van der Waals surface area contributed by atoms with Gasteiger partial charge in [0.2, 0.25) is 0 Å². The minimum atomic E-state index is -0.677. The van der Waals surface area contributed by atoms with Crippen molar-refractivity contribution in [1.82, 2.24) is 0 Å². The molecule has 2 rings (SSSR count). The van der Waals surface area contributed by atoms with E-state index in [4.69, 9.17) is 16.3 Å². The van der Waals surface area contributed by atoms with Crippen LogP contribution in [0, 0.1) is 4.91 Å². The number of hydrogen-bond donors (Lipinski definition) is 0. The molecule has 4 nitrogen and oxygen atoms in total. The second kappa shape index (κ2) is 6.71. The van der Waals surface area contributed by atoms with Crippen LogP contribution in [0.15, 0.2) is 53.7 Å². The molecule has 5 heteroatoms. The maximum absolute atomic E-state index is 12.3. The maximum Gasteiger partial charge on any atom is 0.193 e. The van der Waals surface area contributed by atoms with Gasteiger partial charge < -0.3 is 4.74 Å². The first-order chi connectivity index (χ1) is 10.4. The van der Waals surface area contributed by atoms with E-state index in [1.165, 1.54) is 0 Å². The zero-order valence-electron chi connectivity index (χ0n) is 12.4. The van der Waals surface area contributed by atoms with Crippen molar-refractivity contribution in [2.24, 2.45) is 5.18 Å². The van der Waals surface area contributed by atoms with E-state index < -0.39 is 5.60 Å². The van der Waals surface area contributed by atoms with Crippen molar-refractivity contribution in [3.05, 3.63) is 69.6 Å². The second-order valence-electron chi connectivity index (χ2n) is 5.51. The van der Waals surface area contributed by atoms with Crippen molar-refractivity contribution in [1.29, 1.82) is 0 Å². The Kier molecular flexibility index (Phi) is 4.93. The van der Waals surface area contributed by atoms with E-state index in [0.717, 1.165) is 0 Å². The summed E-state index contributed by atoms with van der Waals surface area (Å²) in [5.74, 6) is 0.498. The smallest absolute Gasteiger partial charge is 0.193 e. The van der Waals surface area contributed by atoms with Gasteiger partial charge in [-0.05, 0) is 62.4 Å². The summed E-state index contributed by atoms with van der Waals surface area (Å²) in [6.45, 7) is 3.61. The lowest BCUT2D eigenvalue weighted by Gasteiger charge is -2.23. The Bertz CT molecular complexity index is 663. The Hall–Kier alpha value is -2.20. The van der Waals surface area contributed by atoms with E-state index in [2.05, 4.69) is 5.18 Å². The summed E-state index contributed by atoms with van der Waals surface area (Å²) in [6, 6.07) is 13.5. The van der Waals surface area contributed by atoms with Crippen LogP contribution in [0.4, 0.5) is 0 Å². The van der Waals surface area contributed by atoms with Gasteiger partial charge in [0.05, 0.1) is 0 Å². The lowest BCUT2D eigenvalue weighted by atomic mass is 10.0. The number of ether oxygens (including phenoxy) is 1. The summed E-state index contributed by atoms with van der Waals surface area (Å²) in [5, 5.41) is 3.45. The Morgan fingerprint density at radius 1 is 1.05 bits per heavy atom. The number of benzene rings is 2. The van der Waals surface area contributed by atoms with Crippen molar-refractivity contribution < 1.29 is 9.53 Å². The molecule has 0 saturated carbocycles. The fourth-order valence-corrected chi connectivity index (χ4v) is 2.08. The molecule has 0 aliphatic rings. The molecule has 0 spiro atoms. The largest absolute Gasteiger partial charge is 0.486 e. The summed E-state index contributed by atoms with van der Waals surface area (Å²) in [7, 11) is 0. The van der Waals surface area contributed by atoms with Crippen molar-refractivity contribution in [2.45, 2.75) is 19.4 Å². The molecule has 0 amide bonds. The molecule has 0 bridgehead atoms. The third-order valence-electron chi connectivity index (χ3n) is 3.06. The molecule has 114 valence electrons. The zero-order chi connectivity index (χ0) is 16.2. The lowest BCUT2D eigenvalue weighted by Crippen LogP contribution is -2.31. The van der Waals surface area contributed by atoms with Gasteiger partial charge in [0.15, 0.2) is 5.78 Å². The minimum absolute atomic E-state index is 0.0540. The lowest BCUT2D eigenvalue weighted by molar-refractivity contribution is 0.103. The SMILES string of the molecule is CC(C)(CN=O)Oc1ccc(C(=O)c2ccc(Cl)cc2)cc1. The van der Waals surface area contributed by atoms with Gasteiger partial charge in [0.25, 0.3) is 0 Å². The maximum atomic E-state index is 12.3. The predicted molar refractivity (Wildman–Crippen MR) is 86.7 cm³/mol. The molecule has 0 aromatic heterocycles. The molecule has 0 radical (unpaired) electrons. The first-order valence-electron chi connectivity index (χ1n) is 6.80. The Morgan fingerprint density at radius 2 is 1.55 bits per heavy atom. The van der Waals surface area contributed by atoms with Crippen LogP contribution in [0.1, 0.15) is 29.8 Å². The third-order valence-corrected chi connectivity index (χ3v) is 3.31. The van der Waals surface area contributed by atoms with Gasteiger partial charge >= 0.3 is 0 Å². The Balaban J connectivity index is 2.13. The summed E-state index contributed by atoms with van der Waals surface area (Å²) in [5.41, 5.74) is 0.452. The number of carbonyl (C=O) groups is 1. The average molecular weight is 318 g/mol. The van der Waals surface area contributed by atoms with Crippen LogP contribution in [-0.4, -0.2) is 17.9 Å². The number of nitrogens with zero attached hydrogens (tertiary/aromatic N) is 1. The molecule has 0 aliphatic heterocycles. The standard InChI is InChI=1S/C17H16ClNO3/c1-17(2,11-19-21)22-15-9-5-13(6-10-15)16(20)12-3-7-14(18)8-4-12/h3-10H,11H2,1-2H3. The number of ketones is 1. The monoisotopic (exact) mass is 317 g/mol. The van der Waals surface area contributed by atoms with Crippen molar-refractivity contribution >= 4 is 17.4 Å². The number of nitroso groups, excluding NO2 is 1. The number of rotatable bonds is 6. The highest BCUT2D eigenvalue weighted by Gasteiger charge is 2.20. The van der Waals surface area contributed by atoms with Crippen LogP contribution in [0.2, 0.25) is 5.02 Å². The van der Waals surface area contributed by atoms with E-state index in [9.17, 15) is 9.70 Å². The normalized spacial score (nSPS) is 11.0. The van der Waals surface area contributed by atoms with Crippen LogP contribution in [0.25, 0.3) is 0 Å². The predicted octanol–water partition coefficient (Wildman–Crippen LogP) is 4.49. The molecular formula is C17H16ClNO3. The molecule has 0 fully saturated rings. The van der Waals surface area contributed by atoms with Gasteiger partial charge in [0, 0.05) is 16.1 Å². The molecular weight excluding hydrogens is 302 g/mol. The van der Waals surface area contributed by atoms with Gasteiger partial charge in [-0.15, -0.1) is 0 Å². The van der Waals surface area contributed by atoms with Crippen LogP contribution < -0.4 is 4.74 Å². The van der Waals surface area contributed by atoms with E-state index in [-0.39, 0.29) is 12.3 Å². The van der Waals surface area contributed by atoms with E-state index in [0.29, 0.717) is 21.9 Å². The summed E-state index contributed by atoms with van der Waals surface area (Å²) < 4.78 is 5.68. The van der Waals surface area contributed by atoms with Gasteiger partial charge in [-0.3, -0.25) is 4.79 Å². The molecule has 2 aromatic carbocycles. The molecule has 22 heavy (non-hydrogen) atoms. The van der Waals surface area contributed by atoms with Gasteiger partial charge in [-0.2, -0.15) is 4.91 Å². The van der Waals surface area contributed by atoms with Crippen molar-refractivity contribution in [2.75, 3.05) is 6.54 Å². The van der Waals surface area contributed by atoms with Gasteiger partial charge in [-0.25, -0.2) is 0 Å². The third kappa shape index (κ3) is 4.15. The average Bonchev–Trinajstić information content (AvgIpc) is 2.47. The number of halogens is 1. The summed E-state index contributed by atoms with van der Waals surface area (Å²) >= 11 is 5.81. The molecule has 2 aromatic rings. The Labute approximate surface area is 134 Å². The quantitative estimate of drug-likeness (QED) is 0.582. The van der Waals surface area contributed by atoms with Crippen LogP contribution >= 0.6 is 11.6 Å². The first kappa shape index (κ1) is 16.2. The molecule has 0 saturated heterocycles. The molecule has 0 atom stereocenters. The van der Waals surface area contributed by atoms with Crippen LogP contribution in [-0.2, 0) is 0 Å². The fourth-order valence-electron chi connectivity index (χ4n) is 1.95. The topological polar surface area (TPSA) is 55.7 Å². The first-order valence-corrected chi connectivity index (χ1v) is 7.17. The minimum Gasteiger partial charge on any atom is -0.486 e. The zero-order valence-corrected chi connectivity index (χ0v) is 13.1. The van der Waals surface area contributed by atoms with Crippen LogP contribution in [0.5, 0.6) is 5.75 Å². The van der Waals surface area contributed by atoms with Crippen molar-refractivity contribution in [3.8, 4) is 5.75 Å². The van der Waals surface area contributed by atoms with E-state index >= 15 is 0 Å². The Morgan fingerprint density at radius 3 is 2.05 bits per heavy atom. The van der Waals surface area contributed by atoms with Crippen molar-refractivity contribution in [3.63, 3.8) is 0 Å². The highest BCUT2D eigenvalue weighted by Crippen LogP contribution is 2.21. The molecule has 0 aliphatic carbocycles. The fraction of sp³-hybridized carbons (Fsp3) is 0.235. The van der Waals surface area contributed by atoms with E-state index in [1.807, 2.05) is 0 Å². The molecule has 0 unspecified atom stereocenters. The number of carbonyl (C=O) groups excluding carboxylic acids is 1. The van der Waals surface area contributed by atoms with E-state index in [1.54, 1.807) is 62.4 Å². The van der Waals surface area contributed by atoms with Gasteiger partial charge in [0.1, 0.15) is 17.9 Å². The summed E-state index contributed by atoms with van der Waals surface area (Å²) in [6.07, 6.45) is 0. The molecule has 0 N–H and O–H groups in total. The highest BCUT2D eigenvalue weighted by molar-refractivity contribution is 6.30. The highest BCUT2D eigenvalue weighted by atomic mass is 35.5. The van der Waals surface area contributed by atoms with Gasteiger partial charge in [-0.1, -0.05) is 16.8 Å². The molecule has 0 heterocycles.